The van der Waals surface area contributed by atoms with Crippen molar-refractivity contribution in [2.24, 2.45) is 0 Å². The lowest BCUT2D eigenvalue weighted by Crippen LogP contribution is -2.14. The molecule has 0 unspecified atom stereocenters. The first-order valence-electron chi connectivity index (χ1n) is 9.30. The van der Waals surface area contributed by atoms with Gasteiger partial charge in [0.25, 0.3) is 11.6 Å². The van der Waals surface area contributed by atoms with Crippen molar-refractivity contribution in [1.29, 1.82) is 0 Å². The van der Waals surface area contributed by atoms with Gasteiger partial charge in [-0.2, -0.15) is 5.10 Å². The summed E-state index contributed by atoms with van der Waals surface area (Å²) in [6, 6.07) is 3.80. The van der Waals surface area contributed by atoms with Crippen LogP contribution in [0.5, 0.6) is 0 Å². The van der Waals surface area contributed by atoms with Crippen LogP contribution in [0.4, 0.5) is 5.82 Å². The number of hydrogen-bond donors (Lipinski definition) is 1. The van der Waals surface area contributed by atoms with Crippen LogP contribution in [0.25, 0.3) is 11.1 Å². The second kappa shape index (κ2) is 5.65. The molecule has 7 nitrogen and oxygen atoms in total. The Morgan fingerprint density at radius 2 is 2.04 bits per heavy atom. The largest absolute Gasteiger partial charge is 0.335 e. The van der Waals surface area contributed by atoms with Crippen molar-refractivity contribution in [3.05, 3.63) is 34.8 Å². The molecule has 0 atom stereocenters. The molecule has 7 heteroatoms. The molecule has 5 rings (SSSR count). The minimum absolute atomic E-state index is 0.176. The molecule has 0 aliphatic heterocycles. The highest BCUT2D eigenvalue weighted by molar-refractivity contribution is 6.12. The first kappa shape index (κ1) is 15.5. The number of rotatable bonds is 5. The molecular weight excluding hydrogens is 330 g/mol. The van der Waals surface area contributed by atoms with Gasteiger partial charge in [0.15, 0.2) is 5.82 Å². The van der Waals surface area contributed by atoms with Crippen molar-refractivity contribution < 1.29 is 9.32 Å². The van der Waals surface area contributed by atoms with Crippen LogP contribution < -0.4 is 5.32 Å². The van der Waals surface area contributed by atoms with E-state index in [9.17, 15) is 4.79 Å². The van der Waals surface area contributed by atoms with E-state index >= 15 is 0 Å². The molecule has 0 aromatic carbocycles. The van der Waals surface area contributed by atoms with Crippen molar-refractivity contribution in [3.63, 3.8) is 0 Å². The van der Waals surface area contributed by atoms with Crippen LogP contribution >= 0.6 is 0 Å². The van der Waals surface area contributed by atoms with Gasteiger partial charge in [-0.25, -0.2) is 4.98 Å². The predicted molar refractivity (Wildman–Crippen MR) is 96.3 cm³/mol. The zero-order valence-electron chi connectivity index (χ0n) is 15.0. The molecule has 0 bridgehead atoms. The van der Waals surface area contributed by atoms with E-state index in [1.165, 1.54) is 0 Å². The molecule has 134 valence electrons. The second-order valence-electron chi connectivity index (χ2n) is 7.33. The zero-order chi connectivity index (χ0) is 17.8. The normalized spacial score (nSPS) is 17.0. The van der Waals surface area contributed by atoms with Crippen LogP contribution in [-0.4, -0.2) is 25.8 Å². The highest BCUT2D eigenvalue weighted by atomic mass is 16.5. The van der Waals surface area contributed by atoms with E-state index in [2.05, 4.69) is 20.6 Å². The van der Waals surface area contributed by atoms with Crippen molar-refractivity contribution in [3.8, 4) is 0 Å². The maximum absolute atomic E-state index is 13.1. The summed E-state index contributed by atoms with van der Waals surface area (Å²) in [5.74, 6) is 1.21. The minimum Gasteiger partial charge on any atom is -0.335 e. The van der Waals surface area contributed by atoms with Crippen molar-refractivity contribution in [2.45, 2.75) is 57.9 Å². The molecule has 3 aromatic rings. The second-order valence-corrected chi connectivity index (χ2v) is 7.33. The first-order chi connectivity index (χ1) is 12.6. The van der Waals surface area contributed by atoms with Gasteiger partial charge in [-0.1, -0.05) is 5.16 Å². The molecular formula is C19H21N5O2. The van der Waals surface area contributed by atoms with Crippen LogP contribution in [0.2, 0.25) is 0 Å². The molecule has 0 saturated heterocycles. The summed E-state index contributed by atoms with van der Waals surface area (Å²) < 4.78 is 7.35. The monoisotopic (exact) mass is 351 g/mol. The molecule has 2 aliphatic carbocycles. The Bertz CT molecular complexity index is 1010. The topological polar surface area (TPSA) is 85.8 Å². The third-order valence-corrected chi connectivity index (χ3v) is 5.22. The van der Waals surface area contributed by atoms with Gasteiger partial charge in [-0.3, -0.25) is 9.48 Å². The first-order valence-corrected chi connectivity index (χ1v) is 9.30. The summed E-state index contributed by atoms with van der Waals surface area (Å²) in [6.45, 7) is 4.77. The average Bonchev–Trinajstić information content (AvgIpc) is 3.56. The highest BCUT2D eigenvalue weighted by Gasteiger charge is 2.34. The number of pyridine rings is 1. The Morgan fingerprint density at radius 3 is 2.69 bits per heavy atom. The van der Waals surface area contributed by atoms with E-state index < -0.39 is 0 Å². The number of amides is 1. The summed E-state index contributed by atoms with van der Waals surface area (Å²) in [7, 11) is 0. The fraction of sp³-hybridized carbons (Fsp3) is 0.474. The molecule has 26 heavy (non-hydrogen) atoms. The van der Waals surface area contributed by atoms with E-state index in [1.54, 1.807) is 0 Å². The Labute approximate surface area is 150 Å². The van der Waals surface area contributed by atoms with Crippen LogP contribution in [0.15, 0.2) is 16.7 Å². The number of fused-ring (bicyclic) bond motifs is 1. The smallest absolute Gasteiger partial charge is 0.259 e. The van der Waals surface area contributed by atoms with Crippen LogP contribution in [0.3, 0.4) is 0 Å². The number of aryl methyl sites for hydroxylation is 2. The lowest BCUT2D eigenvalue weighted by Gasteiger charge is -2.06. The number of anilines is 1. The Balaban J connectivity index is 1.56. The Kier molecular flexibility index (Phi) is 3.38. The summed E-state index contributed by atoms with van der Waals surface area (Å²) in [4.78, 5) is 17.7. The van der Waals surface area contributed by atoms with Crippen molar-refractivity contribution in [1.82, 2.24) is 19.9 Å². The number of nitrogens with one attached hydrogen (secondary N) is 1. The predicted octanol–water partition coefficient (Wildman–Crippen LogP) is 3.75. The van der Waals surface area contributed by atoms with E-state index in [0.717, 1.165) is 54.7 Å². The Hall–Kier alpha value is -2.70. The maximum atomic E-state index is 13.1. The zero-order valence-corrected chi connectivity index (χ0v) is 15.0. The number of aromatic nitrogens is 4. The number of carbonyl (C=O) groups is 1. The van der Waals surface area contributed by atoms with E-state index in [-0.39, 0.29) is 5.91 Å². The lowest BCUT2D eigenvalue weighted by molar-refractivity contribution is 0.102. The summed E-state index contributed by atoms with van der Waals surface area (Å²) >= 11 is 0. The molecule has 1 amide bonds. The third kappa shape index (κ3) is 2.58. The summed E-state index contributed by atoms with van der Waals surface area (Å²) in [5.41, 5.74) is 3.90. The minimum atomic E-state index is -0.176. The quantitative estimate of drug-likeness (QED) is 0.756. The highest BCUT2D eigenvalue weighted by Crippen LogP contribution is 2.45. The van der Waals surface area contributed by atoms with Crippen LogP contribution in [0, 0.1) is 6.92 Å². The van der Waals surface area contributed by atoms with Gasteiger partial charge >= 0.3 is 0 Å². The molecule has 2 fully saturated rings. The van der Waals surface area contributed by atoms with Gasteiger partial charge in [-0.05, 0) is 45.6 Å². The third-order valence-electron chi connectivity index (χ3n) is 5.22. The number of hydrogen-bond acceptors (Lipinski definition) is 5. The fourth-order valence-electron chi connectivity index (χ4n) is 3.47. The molecule has 0 radical (unpaired) electrons. The molecule has 2 saturated carbocycles. The molecule has 0 spiro atoms. The van der Waals surface area contributed by atoms with E-state index in [0.29, 0.717) is 28.9 Å². The van der Waals surface area contributed by atoms with Gasteiger partial charge in [0.05, 0.1) is 16.6 Å². The molecule has 1 N–H and O–H groups in total. The Morgan fingerprint density at radius 1 is 1.27 bits per heavy atom. The summed E-state index contributed by atoms with van der Waals surface area (Å²) in [6.07, 6.45) is 4.41. The molecule has 2 aliphatic rings. The molecule has 3 aromatic heterocycles. The van der Waals surface area contributed by atoms with E-state index in [4.69, 9.17) is 4.52 Å². The van der Waals surface area contributed by atoms with Crippen LogP contribution in [-0.2, 0) is 6.54 Å². The lowest BCUT2D eigenvalue weighted by atomic mass is 10.1. The van der Waals surface area contributed by atoms with Gasteiger partial charge in [0.2, 0.25) is 0 Å². The fourth-order valence-corrected chi connectivity index (χ4v) is 3.47. The maximum Gasteiger partial charge on any atom is 0.259 e. The van der Waals surface area contributed by atoms with Gasteiger partial charge in [0.1, 0.15) is 0 Å². The van der Waals surface area contributed by atoms with Gasteiger partial charge in [0, 0.05) is 35.8 Å². The number of carbonyl (C=O) groups excluding carboxylic acids is 1. The standard InChI is InChI=1S/C19H21N5O2/c1-3-24-10(2)8-15(22-24)21-18(25)13-9-14(11-4-5-11)20-19-16(13)17(23-26-19)12-6-7-12/h8-9,11-12H,3-7H2,1-2H3,(H,21,22,25). The van der Waals surface area contributed by atoms with Gasteiger partial charge < -0.3 is 9.84 Å². The number of nitrogens with zero attached hydrogens (tertiary/aromatic N) is 4. The van der Waals surface area contributed by atoms with Crippen LogP contribution in [0.1, 0.15) is 71.9 Å². The summed E-state index contributed by atoms with van der Waals surface area (Å²) in [5, 5.41) is 12.4. The van der Waals surface area contributed by atoms with Crippen molar-refractivity contribution in [2.75, 3.05) is 5.32 Å². The van der Waals surface area contributed by atoms with Crippen molar-refractivity contribution >= 4 is 22.8 Å². The van der Waals surface area contributed by atoms with Gasteiger partial charge in [-0.15, -0.1) is 0 Å². The van der Waals surface area contributed by atoms with E-state index in [1.807, 2.05) is 30.7 Å². The SMILES string of the molecule is CCn1nc(NC(=O)c2cc(C3CC3)nc3onc(C4CC4)c23)cc1C. The molecule has 3 heterocycles. The average molecular weight is 351 g/mol.